The van der Waals surface area contributed by atoms with Crippen molar-refractivity contribution < 1.29 is 60.6 Å². The number of aliphatic hydroxyl groups is 1. The van der Waals surface area contributed by atoms with Gasteiger partial charge in [0.25, 0.3) is 10.7 Å². The van der Waals surface area contributed by atoms with Crippen molar-refractivity contribution in [3.05, 3.63) is 33.1 Å². The van der Waals surface area contributed by atoms with Crippen LogP contribution in [0.1, 0.15) is 6.23 Å². The van der Waals surface area contributed by atoms with Crippen LogP contribution in [-0.4, -0.2) is 51.8 Å². The molecular formula is C8H11ClFN2O14P3. The first-order valence-electron chi connectivity index (χ1n) is 6.78. The van der Waals surface area contributed by atoms with Gasteiger partial charge in [-0.2, -0.15) is 8.62 Å². The molecule has 6 N–H and O–H groups in total. The van der Waals surface area contributed by atoms with E-state index < -0.39 is 58.5 Å². The molecule has 2 rings (SSSR count). The van der Waals surface area contributed by atoms with Crippen LogP contribution in [-0.2, 0) is 31.6 Å². The molecular weight excluding hydrogens is 495 g/mol. The van der Waals surface area contributed by atoms with Gasteiger partial charge in [0.05, 0.1) is 0 Å². The van der Waals surface area contributed by atoms with E-state index >= 15 is 0 Å². The van der Waals surface area contributed by atoms with Gasteiger partial charge in [0.1, 0.15) is 0 Å². The lowest BCUT2D eigenvalue weighted by Crippen LogP contribution is -2.41. The first kappa shape index (κ1) is 24.5. The number of aromatic amines is 1. The highest BCUT2D eigenvalue weighted by atomic mass is 35.5. The van der Waals surface area contributed by atoms with E-state index in [9.17, 15) is 37.7 Å². The van der Waals surface area contributed by atoms with Crippen molar-refractivity contribution in [2.24, 2.45) is 0 Å². The van der Waals surface area contributed by atoms with Gasteiger partial charge in [-0.05, 0) is 0 Å². The van der Waals surface area contributed by atoms with Crippen LogP contribution in [0.25, 0.3) is 0 Å². The van der Waals surface area contributed by atoms with Gasteiger partial charge in [-0.1, -0.05) is 11.6 Å². The predicted octanol–water partition coefficient (Wildman–Crippen LogP) is -1.000. The van der Waals surface area contributed by atoms with E-state index in [-0.39, 0.29) is 0 Å². The fourth-order valence-corrected chi connectivity index (χ4v) is 5.34. The molecule has 6 atom stereocenters. The Hall–Kier alpha value is -0.770. The quantitative estimate of drug-likeness (QED) is 0.192. The summed E-state index contributed by atoms with van der Waals surface area (Å²) in [7, 11) is -17.4. The van der Waals surface area contributed by atoms with Crippen LogP contribution in [0.15, 0.2) is 21.9 Å². The van der Waals surface area contributed by atoms with Crippen LogP contribution < -0.4 is 11.2 Å². The van der Waals surface area contributed by atoms with Crippen LogP contribution >= 0.6 is 35.1 Å². The second-order valence-corrected chi connectivity index (χ2v) is 10.1. The van der Waals surface area contributed by atoms with E-state index in [1.54, 1.807) is 4.98 Å². The van der Waals surface area contributed by atoms with Crippen LogP contribution in [0.5, 0.6) is 0 Å². The minimum Gasteiger partial charge on any atom is -0.383 e. The van der Waals surface area contributed by atoms with Crippen LogP contribution in [0.3, 0.4) is 0 Å². The number of nitrogens with one attached hydrogen (secondary N) is 1. The van der Waals surface area contributed by atoms with Crippen LogP contribution in [0.2, 0.25) is 0 Å². The molecule has 1 aromatic rings. The van der Waals surface area contributed by atoms with Crippen molar-refractivity contribution in [2.45, 2.75) is 23.7 Å². The third-order valence-electron chi connectivity index (χ3n) is 3.00. The van der Waals surface area contributed by atoms with Gasteiger partial charge in [-0.15, -0.1) is 0 Å². The molecule has 0 aliphatic carbocycles. The SMILES string of the molecule is O=c1ccn([C@@H]2O[C@H](OP(=O)(O)OP(=O)(O)OP(=O)(O)O)[C@@H](O)[C@]2(F)Cl)c(=O)[nH]1. The Morgan fingerprint density at radius 2 is 1.76 bits per heavy atom. The standard InChI is InChI=1S/C8H11ClFN2O14P3/c9-8(10)4(14)5(23-6(8)12-2-1-3(13)11-7(12)15)24-28(19,20)26-29(21,22)25-27(16,17)18/h1-2,4-6,14H,(H,19,20)(H,21,22)(H,11,13,15)(H2,16,17,18)/t4-,5-,6-,8-/m1/s1. The third-order valence-corrected chi connectivity index (χ3v) is 7.21. The smallest absolute Gasteiger partial charge is 0.383 e. The van der Waals surface area contributed by atoms with Crippen molar-refractivity contribution in [1.82, 2.24) is 9.55 Å². The monoisotopic (exact) mass is 506 g/mol. The van der Waals surface area contributed by atoms with E-state index in [4.69, 9.17) is 31.0 Å². The molecule has 0 aromatic carbocycles. The van der Waals surface area contributed by atoms with Crippen molar-refractivity contribution in [3.8, 4) is 0 Å². The summed E-state index contributed by atoms with van der Waals surface area (Å²) in [5, 5.41) is 6.43. The third kappa shape index (κ3) is 6.12. The first-order valence-corrected chi connectivity index (χ1v) is 11.7. The molecule has 0 amide bonds. The van der Waals surface area contributed by atoms with Gasteiger partial charge in [-0.25, -0.2) is 22.9 Å². The lowest BCUT2D eigenvalue weighted by molar-refractivity contribution is -0.135. The summed E-state index contributed by atoms with van der Waals surface area (Å²) in [5.41, 5.74) is -2.13. The molecule has 1 aliphatic rings. The fourth-order valence-electron chi connectivity index (χ4n) is 2.00. The number of ether oxygens (including phenoxy) is 1. The van der Waals surface area contributed by atoms with Gasteiger partial charge in [0, 0.05) is 12.3 Å². The number of hydrogen-bond acceptors (Lipinski definition) is 10. The number of phosphoric acid groups is 3. The zero-order valence-corrected chi connectivity index (χ0v) is 16.8. The zero-order valence-electron chi connectivity index (χ0n) is 13.3. The normalized spacial score (nSPS) is 31.9. The van der Waals surface area contributed by atoms with Crippen LogP contribution in [0.4, 0.5) is 4.39 Å². The molecule has 1 saturated heterocycles. The molecule has 21 heteroatoms. The highest BCUT2D eigenvalue weighted by Gasteiger charge is 2.60. The first-order chi connectivity index (χ1) is 12.9. The van der Waals surface area contributed by atoms with Gasteiger partial charge < -0.3 is 29.4 Å². The summed E-state index contributed by atoms with van der Waals surface area (Å²) in [6.07, 6.45) is -6.64. The topological polar surface area (TPSA) is 244 Å². The molecule has 1 fully saturated rings. The van der Waals surface area contributed by atoms with E-state index in [1.165, 1.54) is 0 Å². The van der Waals surface area contributed by atoms with Gasteiger partial charge >= 0.3 is 29.2 Å². The van der Waals surface area contributed by atoms with Crippen molar-refractivity contribution in [1.29, 1.82) is 0 Å². The minimum absolute atomic E-state index is 0.345. The maximum Gasteiger partial charge on any atom is 0.490 e. The average Bonchev–Trinajstić information content (AvgIpc) is 2.67. The van der Waals surface area contributed by atoms with Crippen molar-refractivity contribution >= 4 is 35.1 Å². The molecule has 29 heavy (non-hydrogen) atoms. The molecule has 0 radical (unpaired) electrons. The number of halogens is 2. The molecule has 2 heterocycles. The lowest BCUT2D eigenvalue weighted by Gasteiger charge is -2.22. The summed E-state index contributed by atoms with van der Waals surface area (Å²) in [4.78, 5) is 59.8. The number of aromatic nitrogens is 2. The highest BCUT2D eigenvalue weighted by molar-refractivity contribution is 7.66. The largest absolute Gasteiger partial charge is 0.490 e. The molecule has 1 aliphatic heterocycles. The molecule has 0 bridgehead atoms. The summed E-state index contributed by atoms with van der Waals surface area (Å²) < 4.78 is 64.3. The maximum absolute atomic E-state index is 14.6. The average molecular weight is 507 g/mol. The van der Waals surface area contributed by atoms with Crippen molar-refractivity contribution in [2.75, 3.05) is 0 Å². The number of hydrogen-bond donors (Lipinski definition) is 6. The Kier molecular flexibility index (Phi) is 6.80. The number of alkyl halides is 2. The number of rotatable bonds is 7. The molecule has 1 aromatic heterocycles. The number of aliphatic hydroxyl groups excluding tert-OH is 1. The van der Waals surface area contributed by atoms with Gasteiger partial charge in [0.2, 0.25) is 6.29 Å². The maximum atomic E-state index is 14.6. The summed E-state index contributed by atoms with van der Waals surface area (Å²) in [6, 6.07) is 0.750. The molecule has 0 saturated carbocycles. The Balaban J connectivity index is 2.24. The van der Waals surface area contributed by atoms with Crippen LogP contribution in [0, 0.1) is 0 Å². The van der Waals surface area contributed by atoms with E-state index in [0.29, 0.717) is 10.8 Å². The van der Waals surface area contributed by atoms with E-state index in [2.05, 4.69) is 13.1 Å². The molecule has 2 unspecified atom stereocenters. The number of nitrogens with zero attached hydrogens (tertiary/aromatic N) is 1. The van der Waals surface area contributed by atoms with E-state index in [1.807, 2.05) is 0 Å². The Bertz CT molecular complexity index is 1030. The predicted molar refractivity (Wildman–Crippen MR) is 85.9 cm³/mol. The second kappa shape index (κ2) is 8.05. The number of phosphoric ester groups is 1. The van der Waals surface area contributed by atoms with Crippen molar-refractivity contribution in [3.63, 3.8) is 0 Å². The Labute approximate surface area is 162 Å². The number of H-pyrrole nitrogens is 1. The zero-order chi connectivity index (χ0) is 22.4. The summed E-state index contributed by atoms with van der Waals surface area (Å²) in [5.74, 6) is 0. The van der Waals surface area contributed by atoms with Gasteiger partial charge in [0.15, 0.2) is 12.3 Å². The Morgan fingerprint density at radius 3 is 2.28 bits per heavy atom. The lowest BCUT2D eigenvalue weighted by atomic mass is 10.2. The minimum atomic E-state index is -5.89. The molecule has 16 nitrogen and oxygen atoms in total. The molecule has 0 spiro atoms. The molecule has 166 valence electrons. The summed E-state index contributed by atoms with van der Waals surface area (Å²) >= 11 is 5.46. The Morgan fingerprint density at radius 1 is 1.17 bits per heavy atom. The highest BCUT2D eigenvalue weighted by Crippen LogP contribution is 2.67. The fraction of sp³-hybridized carbons (Fsp3) is 0.500. The van der Waals surface area contributed by atoms with E-state index in [0.717, 1.165) is 6.07 Å². The summed E-state index contributed by atoms with van der Waals surface area (Å²) in [6.45, 7) is 0. The van der Waals surface area contributed by atoms with Gasteiger partial charge in [-0.3, -0.25) is 18.9 Å². The second-order valence-electron chi connectivity index (χ2n) is 5.19.